The summed E-state index contributed by atoms with van der Waals surface area (Å²) in [6, 6.07) is 10.2. The van der Waals surface area contributed by atoms with Crippen LogP contribution in [-0.4, -0.2) is 13.4 Å². The van der Waals surface area contributed by atoms with Crippen molar-refractivity contribution in [2.75, 3.05) is 10.1 Å². The smallest absolute Gasteiger partial charge is 0.263 e. The van der Waals surface area contributed by atoms with Gasteiger partial charge in [0.15, 0.2) is 0 Å². The van der Waals surface area contributed by atoms with E-state index in [1.165, 1.54) is 6.20 Å². The summed E-state index contributed by atoms with van der Waals surface area (Å²) in [7, 11) is -3.65. The van der Waals surface area contributed by atoms with Crippen LogP contribution in [0, 0.1) is 6.92 Å². The van der Waals surface area contributed by atoms with Crippen LogP contribution in [0.4, 0.5) is 11.5 Å². The molecule has 0 spiro atoms. The number of sulfonamides is 1. The topological polar surface area (TPSA) is 97.1 Å². The van der Waals surface area contributed by atoms with Crippen LogP contribution < -0.4 is 16.0 Å². The van der Waals surface area contributed by atoms with Crippen molar-refractivity contribution in [3.8, 4) is 0 Å². The van der Waals surface area contributed by atoms with E-state index in [1.54, 1.807) is 37.3 Å². The normalized spacial score (nSPS) is 11.1. The number of nitrogen functional groups attached to an aromatic ring is 1. The fourth-order valence-electron chi connectivity index (χ4n) is 1.62. The molecule has 0 aliphatic rings. The van der Waals surface area contributed by atoms with E-state index >= 15 is 0 Å². The molecule has 2 aromatic rings. The molecule has 1 aromatic carbocycles. The van der Waals surface area contributed by atoms with Gasteiger partial charge < -0.3 is 5.43 Å². The monoisotopic (exact) mass is 278 g/mol. The molecule has 0 amide bonds. The molecule has 19 heavy (non-hydrogen) atoms. The van der Waals surface area contributed by atoms with Gasteiger partial charge in [-0.15, -0.1) is 0 Å². The number of nitrogens with two attached hydrogens (primary N) is 1. The van der Waals surface area contributed by atoms with Crippen LogP contribution in [0.2, 0.25) is 0 Å². The first-order valence-electron chi connectivity index (χ1n) is 5.54. The minimum Gasteiger partial charge on any atom is -0.308 e. The molecule has 0 radical (unpaired) electrons. The van der Waals surface area contributed by atoms with Gasteiger partial charge >= 0.3 is 0 Å². The molecule has 0 saturated heterocycles. The average molecular weight is 278 g/mol. The molecule has 0 bridgehead atoms. The van der Waals surface area contributed by atoms with E-state index in [-0.39, 0.29) is 4.90 Å². The van der Waals surface area contributed by atoms with Crippen molar-refractivity contribution < 1.29 is 8.42 Å². The zero-order valence-corrected chi connectivity index (χ0v) is 11.1. The van der Waals surface area contributed by atoms with Gasteiger partial charge in [0.25, 0.3) is 10.0 Å². The van der Waals surface area contributed by atoms with Crippen molar-refractivity contribution in [1.29, 1.82) is 0 Å². The lowest BCUT2D eigenvalue weighted by Crippen LogP contribution is -2.16. The number of hydrogen-bond acceptors (Lipinski definition) is 5. The van der Waals surface area contributed by atoms with E-state index in [0.717, 1.165) is 0 Å². The highest BCUT2D eigenvalue weighted by Gasteiger charge is 2.17. The molecule has 100 valence electrons. The summed E-state index contributed by atoms with van der Waals surface area (Å²) in [4.78, 5) is 4.03. The van der Waals surface area contributed by atoms with E-state index < -0.39 is 10.0 Å². The largest absolute Gasteiger partial charge is 0.308 e. The van der Waals surface area contributed by atoms with E-state index in [9.17, 15) is 8.42 Å². The lowest BCUT2D eigenvalue weighted by Gasteiger charge is -2.10. The number of anilines is 2. The Bertz CT molecular complexity index is 671. The average Bonchev–Trinajstić information content (AvgIpc) is 2.38. The van der Waals surface area contributed by atoms with Crippen molar-refractivity contribution in [2.45, 2.75) is 11.8 Å². The number of nitrogens with one attached hydrogen (secondary N) is 2. The van der Waals surface area contributed by atoms with E-state index in [4.69, 9.17) is 5.84 Å². The number of benzene rings is 1. The van der Waals surface area contributed by atoms with E-state index in [0.29, 0.717) is 17.1 Å². The van der Waals surface area contributed by atoms with Crippen LogP contribution in [0.1, 0.15) is 5.56 Å². The molecule has 6 nitrogen and oxygen atoms in total. The molecule has 0 unspecified atom stereocenters. The zero-order valence-electron chi connectivity index (χ0n) is 10.3. The Labute approximate surface area is 111 Å². The summed E-state index contributed by atoms with van der Waals surface area (Å²) >= 11 is 0. The minimum atomic E-state index is -3.65. The molecule has 0 aliphatic carbocycles. The number of aryl methyl sites for hydroxylation is 1. The first-order valence-corrected chi connectivity index (χ1v) is 7.02. The van der Waals surface area contributed by atoms with Crippen molar-refractivity contribution in [3.63, 3.8) is 0 Å². The van der Waals surface area contributed by atoms with Gasteiger partial charge in [0, 0.05) is 5.69 Å². The molecular formula is C12H14N4O2S. The Balaban J connectivity index is 2.35. The van der Waals surface area contributed by atoms with Crippen LogP contribution in [0.3, 0.4) is 0 Å². The predicted octanol–water partition coefficient (Wildman–Crippen LogP) is 1.48. The molecule has 0 aliphatic heterocycles. The quantitative estimate of drug-likeness (QED) is 0.581. The maximum atomic E-state index is 12.2. The van der Waals surface area contributed by atoms with Gasteiger partial charge in [-0.1, -0.05) is 18.2 Å². The molecule has 0 saturated carbocycles. The molecule has 1 aromatic heterocycles. The van der Waals surface area contributed by atoms with Gasteiger partial charge in [0.2, 0.25) is 0 Å². The predicted molar refractivity (Wildman–Crippen MR) is 74.0 cm³/mol. The minimum absolute atomic E-state index is 0.121. The Morgan fingerprint density at radius 2 is 1.89 bits per heavy atom. The van der Waals surface area contributed by atoms with Crippen molar-refractivity contribution in [2.24, 2.45) is 5.84 Å². The summed E-state index contributed by atoms with van der Waals surface area (Å²) in [5.74, 6) is 5.64. The highest BCUT2D eigenvalue weighted by atomic mass is 32.2. The molecule has 7 heteroatoms. The Morgan fingerprint density at radius 1 is 1.21 bits per heavy atom. The molecule has 0 fully saturated rings. The molecule has 1 heterocycles. The van der Waals surface area contributed by atoms with Gasteiger partial charge in [0.1, 0.15) is 10.7 Å². The summed E-state index contributed by atoms with van der Waals surface area (Å²) in [5.41, 5.74) is 3.43. The zero-order chi connectivity index (χ0) is 13.9. The van der Waals surface area contributed by atoms with E-state index in [2.05, 4.69) is 15.1 Å². The number of rotatable bonds is 4. The van der Waals surface area contributed by atoms with Gasteiger partial charge in [-0.2, -0.15) is 0 Å². The standard InChI is InChI=1S/C12H14N4O2S/c1-9-7-12(15-13)14-8-11(9)19(17,18)16-10-5-3-2-4-6-10/h2-8,16H,13H2,1H3,(H,14,15). The Hall–Kier alpha value is -2.12. The Kier molecular flexibility index (Phi) is 3.68. The summed E-state index contributed by atoms with van der Waals surface area (Å²) < 4.78 is 26.9. The molecule has 0 atom stereocenters. The SMILES string of the molecule is Cc1cc(NN)ncc1S(=O)(=O)Nc1ccccc1. The number of pyridine rings is 1. The van der Waals surface area contributed by atoms with Crippen LogP contribution >= 0.6 is 0 Å². The maximum Gasteiger partial charge on any atom is 0.263 e. The maximum absolute atomic E-state index is 12.2. The summed E-state index contributed by atoms with van der Waals surface area (Å²) in [5, 5.41) is 0. The first kappa shape index (κ1) is 13.3. The van der Waals surface area contributed by atoms with Gasteiger partial charge in [-0.3, -0.25) is 4.72 Å². The summed E-state index contributed by atoms with van der Waals surface area (Å²) in [6.07, 6.45) is 1.27. The lowest BCUT2D eigenvalue weighted by molar-refractivity contribution is 0.600. The molecular weight excluding hydrogens is 264 g/mol. The lowest BCUT2D eigenvalue weighted by atomic mass is 10.3. The van der Waals surface area contributed by atoms with Crippen LogP contribution in [-0.2, 0) is 10.0 Å². The number of aromatic nitrogens is 1. The number of nitrogens with zero attached hydrogens (tertiary/aromatic N) is 1. The Morgan fingerprint density at radius 3 is 2.47 bits per heavy atom. The van der Waals surface area contributed by atoms with Crippen molar-refractivity contribution in [1.82, 2.24) is 4.98 Å². The fraction of sp³-hybridized carbons (Fsp3) is 0.0833. The molecule has 2 rings (SSSR count). The van der Waals surface area contributed by atoms with Gasteiger partial charge in [-0.05, 0) is 30.7 Å². The third-order valence-corrected chi connectivity index (χ3v) is 4.04. The van der Waals surface area contributed by atoms with Crippen LogP contribution in [0.15, 0.2) is 47.5 Å². The molecule has 4 N–H and O–H groups in total. The number of para-hydroxylation sites is 1. The van der Waals surface area contributed by atoms with Crippen molar-refractivity contribution >= 4 is 21.5 Å². The van der Waals surface area contributed by atoms with Crippen LogP contribution in [0.5, 0.6) is 0 Å². The first-order chi connectivity index (χ1) is 9.03. The summed E-state index contributed by atoms with van der Waals surface area (Å²) in [6.45, 7) is 1.68. The number of hydrazine groups is 1. The second-order valence-corrected chi connectivity index (χ2v) is 5.60. The van der Waals surface area contributed by atoms with Gasteiger partial charge in [-0.25, -0.2) is 19.2 Å². The second-order valence-electron chi connectivity index (χ2n) is 3.95. The fourth-order valence-corrected chi connectivity index (χ4v) is 2.85. The highest BCUT2D eigenvalue weighted by molar-refractivity contribution is 7.92. The number of hydrogen-bond donors (Lipinski definition) is 3. The van der Waals surface area contributed by atoms with Crippen LogP contribution in [0.25, 0.3) is 0 Å². The third kappa shape index (κ3) is 3.01. The second kappa shape index (κ2) is 5.25. The van der Waals surface area contributed by atoms with Crippen molar-refractivity contribution in [3.05, 3.63) is 48.2 Å². The van der Waals surface area contributed by atoms with E-state index in [1.807, 2.05) is 6.07 Å². The third-order valence-electron chi connectivity index (χ3n) is 2.53. The highest BCUT2D eigenvalue weighted by Crippen LogP contribution is 2.19. The van der Waals surface area contributed by atoms with Gasteiger partial charge in [0.05, 0.1) is 6.20 Å².